The van der Waals surface area contributed by atoms with Gasteiger partial charge in [-0.05, 0) is 36.4 Å². The van der Waals surface area contributed by atoms with Crippen LogP contribution in [0.3, 0.4) is 0 Å². The standard InChI is InChI=1S/C16H15FN2O3/c17-11-5-7-12(8-6-11)19-16(20)18-9-13-10-21-14-3-1-2-4-15(14)22-13/h1-8,13H,9-10H2,(H2,18,19,20). The molecule has 6 heteroatoms. The number of fused-ring (bicyclic) bond motifs is 1. The van der Waals surface area contributed by atoms with Gasteiger partial charge in [-0.25, -0.2) is 9.18 Å². The molecule has 0 spiro atoms. The first-order valence-electron chi connectivity index (χ1n) is 6.89. The molecular formula is C16H15FN2O3. The summed E-state index contributed by atoms with van der Waals surface area (Å²) in [5.41, 5.74) is 0.519. The molecule has 0 bridgehead atoms. The molecule has 1 aliphatic rings. The van der Waals surface area contributed by atoms with E-state index in [9.17, 15) is 9.18 Å². The van der Waals surface area contributed by atoms with E-state index < -0.39 is 0 Å². The normalized spacial score (nSPS) is 16.0. The lowest BCUT2D eigenvalue weighted by Crippen LogP contribution is -2.42. The zero-order valence-electron chi connectivity index (χ0n) is 11.7. The van der Waals surface area contributed by atoms with E-state index in [2.05, 4.69) is 10.6 Å². The number of amides is 2. The fraction of sp³-hybridized carbons (Fsp3) is 0.188. The number of ether oxygens (including phenoxy) is 2. The molecule has 3 rings (SSSR count). The van der Waals surface area contributed by atoms with Crippen LogP contribution in [0.5, 0.6) is 11.5 Å². The molecule has 0 saturated carbocycles. The molecule has 0 fully saturated rings. The summed E-state index contributed by atoms with van der Waals surface area (Å²) in [4.78, 5) is 11.8. The predicted molar refractivity (Wildman–Crippen MR) is 79.8 cm³/mol. The first kappa shape index (κ1) is 14.2. The van der Waals surface area contributed by atoms with Crippen LogP contribution in [0.25, 0.3) is 0 Å². The van der Waals surface area contributed by atoms with Crippen LogP contribution in [0.4, 0.5) is 14.9 Å². The summed E-state index contributed by atoms with van der Waals surface area (Å²) in [6.45, 7) is 0.676. The highest BCUT2D eigenvalue weighted by atomic mass is 19.1. The summed E-state index contributed by atoms with van der Waals surface area (Å²) in [5, 5.41) is 5.31. The van der Waals surface area contributed by atoms with E-state index >= 15 is 0 Å². The fourth-order valence-electron chi connectivity index (χ4n) is 2.08. The van der Waals surface area contributed by atoms with Gasteiger partial charge in [0.15, 0.2) is 17.6 Å². The number of hydrogen-bond acceptors (Lipinski definition) is 3. The first-order valence-corrected chi connectivity index (χ1v) is 6.89. The van der Waals surface area contributed by atoms with Crippen molar-refractivity contribution >= 4 is 11.7 Å². The maximum atomic E-state index is 12.8. The highest BCUT2D eigenvalue weighted by Gasteiger charge is 2.20. The van der Waals surface area contributed by atoms with Crippen LogP contribution in [0.1, 0.15) is 0 Å². The molecule has 1 atom stereocenters. The van der Waals surface area contributed by atoms with Crippen molar-refractivity contribution in [1.82, 2.24) is 5.32 Å². The summed E-state index contributed by atoms with van der Waals surface area (Å²) in [5.74, 6) is 1.02. The fourth-order valence-corrected chi connectivity index (χ4v) is 2.08. The number of carbonyl (C=O) groups excluding carboxylic acids is 1. The third-order valence-corrected chi connectivity index (χ3v) is 3.16. The molecule has 0 saturated heterocycles. The van der Waals surface area contributed by atoms with Gasteiger partial charge in [-0.3, -0.25) is 0 Å². The molecule has 2 aromatic carbocycles. The van der Waals surface area contributed by atoms with Gasteiger partial charge in [0.25, 0.3) is 0 Å². The van der Waals surface area contributed by atoms with E-state index in [1.165, 1.54) is 24.3 Å². The van der Waals surface area contributed by atoms with Crippen LogP contribution in [0.2, 0.25) is 0 Å². The van der Waals surface area contributed by atoms with E-state index in [1.807, 2.05) is 24.3 Å². The average molecular weight is 302 g/mol. The van der Waals surface area contributed by atoms with Gasteiger partial charge in [-0.15, -0.1) is 0 Å². The van der Waals surface area contributed by atoms with Crippen LogP contribution in [-0.4, -0.2) is 25.3 Å². The van der Waals surface area contributed by atoms with Crippen molar-refractivity contribution in [2.75, 3.05) is 18.5 Å². The Balaban J connectivity index is 1.49. The molecule has 5 nitrogen and oxygen atoms in total. The van der Waals surface area contributed by atoms with Gasteiger partial charge in [0.2, 0.25) is 0 Å². The van der Waals surface area contributed by atoms with Crippen molar-refractivity contribution in [3.8, 4) is 11.5 Å². The number of halogens is 1. The Kier molecular flexibility index (Phi) is 4.09. The predicted octanol–water partition coefficient (Wildman–Crippen LogP) is 2.79. The Morgan fingerprint density at radius 1 is 1.14 bits per heavy atom. The Morgan fingerprint density at radius 3 is 2.64 bits per heavy atom. The van der Waals surface area contributed by atoms with Crippen molar-refractivity contribution in [3.05, 3.63) is 54.3 Å². The second-order valence-corrected chi connectivity index (χ2v) is 4.84. The van der Waals surface area contributed by atoms with Crippen LogP contribution < -0.4 is 20.1 Å². The average Bonchev–Trinajstić information content (AvgIpc) is 2.55. The van der Waals surface area contributed by atoms with E-state index in [1.54, 1.807) is 0 Å². The van der Waals surface area contributed by atoms with E-state index in [-0.39, 0.29) is 18.0 Å². The van der Waals surface area contributed by atoms with Gasteiger partial charge in [-0.2, -0.15) is 0 Å². The molecule has 1 aliphatic heterocycles. The van der Waals surface area contributed by atoms with Crippen LogP contribution in [0.15, 0.2) is 48.5 Å². The Bertz CT molecular complexity index is 661. The van der Waals surface area contributed by atoms with Crippen LogP contribution in [-0.2, 0) is 0 Å². The molecule has 2 aromatic rings. The zero-order valence-corrected chi connectivity index (χ0v) is 11.7. The molecule has 1 unspecified atom stereocenters. The van der Waals surface area contributed by atoms with Crippen LogP contribution in [0, 0.1) is 5.82 Å². The molecule has 0 aromatic heterocycles. The number of para-hydroxylation sites is 2. The Morgan fingerprint density at radius 2 is 1.86 bits per heavy atom. The third-order valence-electron chi connectivity index (χ3n) is 3.16. The molecule has 1 heterocycles. The van der Waals surface area contributed by atoms with E-state index in [0.717, 1.165) is 0 Å². The maximum absolute atomic E-state index is 12.8. The number of nitrogens with one attached hydrogen (secondary N) is 2. The smallest absolute Gasteiger partial charge is 0.319 e. The van der Waals surface area contributed by atoms with Crippen molar-refractivity contribution in [1.29, 1.82) is 0 Å². The molecule has 0 radical (unpaired) electrons. The SMILES string of the molecule is O=C(NCC1COc2ccccc2O1)Nc1ccc(F)cc1. The van der Waals surface area contributed by atoms with Gasteiger partial charge in [0, 0.05) is 5.69 Å². The summed E-state index contributed by atoms with van der Waals surface area (Å²) in [6.07, 6.45) is -0.256. The topological polar surface area (TPSA) is 59.6 Å². The summed E-state index contributed by atoms with van der Waals surface area (Å²) in [6, 6.07) is 12.6. The lowest BCUT2D eigenvalue weighted by atomic mass is 10.2. The second-order valence-electron chi connectivity index (χ2n) is 4.84. The van der Waals surface area contributed by atoms with Gasteiger partial charge >= 0.3 is 6.03 Å². The van der Waals surface area contributed by atoms with Gasteiger partial charge < -0.3 is 20.1 Å². The quantitative estimate of drug-likeness (QED) is 0.916. The van der Waals surface area contributed by atoms with Gasteiger partial charge in [0.05, 0.1) is 6.54 Å². The lowest BCUT2D eigenvalue weighted by molar-refractivity contribution is 0.0922. The largest absolute Gasteiger partial charge is 0.486 e. The van der Waals surface area contributed by atoms with Crippen molar-refractivity contribution in [2.24, 2.45) is 0 Å². The second kappa shape index (κ2) is 6.34. The van der Waals surface area contributed by atoms with Gasteiger partial charge in [-0.1, -0.05) is 12.1 Å². The minimum Gasteiger partial charge on any atom is -0.486 e. The van der Waals surface area contributed by atoms with Crippen molar-refractivity contribution in [3.63, 3.8) is 0 Å². The first-order chi connectivity index (χ1) is 10.7. The van der Waals surface area contributed by atoms with Crippen molar-refractivity contribution < 1.29 is 18.7 Å². The number of benzene rings is 2. The number of hydrogen-bond donors (Lipinski definition) is 2. The number of anilines is 1. The Hall–Kier alpha value is -2.76. The van der Waals surface area contributed by atoms with Crippen LogP contribution >= 0.6 is 0 Å². The Labute approximate surface area is 127 Å². The van der Waals surface area contributed by atoms with Gasteiger partial charge in [0.1, 0.15) is 12.4 Å². The highest BCUT2D eigenvalue weighted by Crippen LogP contribution is 2.30. The minimum atomic E-state index is -0.380. The van der Waals surface area contributed by atoms with E-state index in [0.29, 0.717) is 30.3 Å². The molecule has 0 aliphatic carbocycles. The summed E-state index contributed by atoms with van der Waals surface area (Å²) in [7, 11) is 0. The molecule has 2 amide bonds. The van der Waals surface area contributed by atoms with Crippen molar-refractivity contribution in [2.45, 2.75) is 6.10 Å². The number of rotatable bonds is 3. The number of urea groups is 1. The van der Waals surface area contributed by atoms with E-state index in [4.69, 9.17) is 9.47 Å². The summed E-state index contributed by atoms with van der Waals surface area (Å²) >= 11 is 0. The minimum absolute atomic E-state index is 0.256. The maximum Gasteiger partial charge on any atom is 0.319 e. The third kappa shape index (κ3) is 3.46. The molecule has 114 valence electrons. The highest BCUT2D eigenvalue weighted by molar-refractivity contribution is 5.89. The lowest BCUT2D eigenvalue weighted by Gasteiger charge is -2.26. The molecular weight excluding hydrogens is 287 g/mol. The zero-order chi connectivity index (χ0) is 15.4. The molecule has 2 N–H and O–H groups in total. The summed E-state index contributed by atoms with van der Waals surface area (Å²) < 4.78 is 24.1. The molecule has 22 heavy (non-hydrogen) atoms. The monoisotopic (exact) mass is 302 g/mol. The number of carbonyl (C=O) groups is 1.